The summed E-state index contributed by atoms with van der Waals surface area (Å²) in [5, 5.41) is 10.9. The van der Waals surface area contributed by atoms with Gasteiger partial charge in [-0.1, -0.05) is 54.1 Å². The van der Waals surface area contributed by atoms with Gasteiger partial charge < -0.3 is 0 Å². The van der Waals surface area contributed by atoms with E-state index in [1.54, 1.807) is 11.3 Å². The third kappa shape index (κ3) is 4.24. The van der Waals surface area contributed by atoms with E-state index in [9.17, 15) is 0 Å². The minimum Gasteiger partial charge on any atom is -0.252 e. The molecule has 0 aliphatic heterocycles. The molecule has 0 unspecified atom stereocenters. The molecule has 0 radical (unpaired) electrons. The van der Waals surface area contributed by atoms with Crippen molar-refractivity contribution in [1.29, 1.82) is 0 Å². The minimum atomic E-state index is 0.714. The first-order valence-corrected chi connectivity index (χ1v) is 10.4. The number of hydrazone groups is 1. The van der Waals surface area contributed by atoms with E-state index in [0.717, 1.165) is 38.4 Å². The lowest BCUT2D eigenvalue weighted by Crippen LogP contribution is -2.00. The second kappa shape index (κ2) is 8.00. The number of anilines is 1. The first-order valence-electron chi connectivity index (χ1n) is 8.22. The number of halogens is 1. The van der Waals surface area contributed by atoms with Crippen molar-refractivity contribution in [3.8, 4) is 21.8 Å². The number of hydrogen-bond acceptors (Lipinski definition) is 6. The molecule has 0 amide bonds. The molecule has 2 aromatic carbocycles. The molecule has 0 spiro atoms. The Balaban J connectivity index is 1.47. The predicted molar refractivity (Wildman–Crippen MR) is 116 cm³/mol. The van der Waals surface area contributed by atoms with E-state index in [1.807, 2.05) is 60.1 Å². The van der Waals surface area contributed by atoms with Crippen LogP contribution >= 0.6 is 34.3 Å². The average Bonchev–Trinajstić information content (AvgIpc) is 3.37. The summed E-state index contributed by atoms with van der Waals surface area (Å²) in [6, 6.07) is 17.8. The van der Waals surface area contributed by atoms with Crippen LogP contribution in [0.2, 0.25) is 5.02 Å². The number of benzene rings is 2. The molecule has 0 aliphatic rings. The van der Waals surface area contributed by atoms with Gasteiger partial charge in [0.1, 0.15) is 5.01 Å². The van der Waals surface area contributed by atoms with E-state index in [2.05, 4.69) is 32.6 Å². The van der Waals surface area contributed by atoms with E-state index in [1.165, 1.54) is 11.3 Å². The van der Waals surface area contributed by atoms with Gasteiger partial charge in [-0.3, -0.25) is 5.43 Å². The zero-order chi connectivity index (χ0) is 18.6. The molecule has 0 saturated heterocycles. The quantitative estimate of drug-likeness (QED) is 0.305. The van der Waals surface area contributed by atoms with Crippen molar-refractivity contribution in [2.24, 2.45) is 5.10 Å². The van der Waals surface area contributed by atoms with Crippen molar-refractivity contribution < 1.29 is 0 Å². The normalized spacial score (nSPS) is 11.6. The van der Waals surface area contributed by atoms with Crippen LogP contribution in [0.3, 0.4) is 0 Å². The van der Waals surface area contributed by atoms with Crippen LogP contribution in [0.15, 0.2) is 70.5 Å². The van der Waals surface area contributed by atoms with Crippen LogP contribution in [0, 0.1) is 0 Å². The summed E-state index contributed by atoms with van der Waals surface area (Å²) in [6.07, 6.45) is 0. The third-order valence-electron chi connectivity index (χ3n) is 3.86. The standard InChI is InChI=1S/C20H15ClN4S2/c1-13(17-11-26-19(22-17)15-5-3-2-4-6-15)24-25-20-23-18(12-27-20)14-7-9-16(21)10-8-14/h2-12H,1H3,(H,23,25)/b24-13-. The molecule has 0 atom stereocenters. The van der Waals surface area contributed by atoms with Gasteiger partial charge in [-0.15, -0.1) is 22.7 Å². The van der Waals surface area contributed by atoms with Crippen molar-refractivity contribution in [2.75, 3.05) is 5.43 Å². The van der Waals surface area contributed by atoms with Crippen molar-refractivity contribution in [3.05, 3.63) is 76.1 Å². The molecule has 4 nitrogen and oxygen atoms in total. The van der Waals surface area contributed by atoms with Gasteiger partial charge in [-0.05, 0) is 19.1 Å². The molecule has 2 heterocycles. The number of nitrogens with zero attached hydrogens (tertiary/aromatic N) is 3. The van der Waals surface area contributed by atoms with Gasteiger partial charge in [0.15, 0.2) is 0 Å². The fraction of sp³-hybridized carbons (Fsp3) is 0.0500. The summed E-state index contributed by atoms with van der Waals surface area (Å²) in [6.45, 7) is 1.94. The van der Waals surface area contributed by atoms with Gasteiger partial charge in [0.05, 0.1) is 17.1 Å². The van der Waals surface area contributed by atoms with Gasteiger partial charge >= 0.3 is 0 Å². The summed E-state index contributed by atoms with van der Waals surface area (Å²) in [5.74, 6) is 0. The summed E-state index contributed by atoms with van der Waals surface area (Å²) < 4.78 is 0. The van der Waals surface area contributed by atoms with Crippen molar-refractivity contribution >= 4 is 45.1 Å². The highest BCUT2D eigenvalue weighted by molar-refractivity contribution is 7.14. The monoisotopic (exact) mass is 410 g/mol. The highest BCUT2D eigenvalue weighted by Crippen LogP contribution is 2.26. The molecular weight excluding hydrogens is 396 g/mol. The maximum atomic E-state index is 5.93. The van der Waals surface area contributed by atoms with Crippen molar-refractivity contribution in [1.82, 2.24) is 9.97 Å². The van der Waals surface area contributed by atoms with Crippen LogP contribution in [0.25, 0.3) is 21.8 Å². The Morgan fingerprint density at radius 2 is 1.70 bits per heavy atom. The lowest BCUT2D eigenvalue weighted by Gasteiger charge is -1.98. The fourth-order valence-corrected chi connectivity index (χ4v) is 4.08. The van der Waals surface area contributed by atoms with Crippen LogP contribution in [0.1, 0.15) is 12.6 Å². The zero-order valence-electron chi connectivity index (χ0n) is 14.4. The van der Waals surface area contributed by atoms with E-state index >= 15 is 0 Å². The van der Waals surface area contributed by atoms with Gasteiger partial charge in [0.2, 0.25) is 5.13 Å². The average molecular weight is 411 g/mol. The van der Waals surface area contributed by atoms with E-state index < -0.39 is 0 Å². The molecule has 0 aliphatic carbocycles. The highest BCUT2D eigenvalue weighted by Gasteiger charge is 2.08. The topological polar surface area (TPSA) is 50.2 Å². The number of aromatic nitrogens is 2. The molecule has 4 aromatic rings. The summed E-state index contributed by atoms with van der Waals surface area (Å²) in [7, 11) is 0. The van der Waals surface area contributed by atoms with Crippen molar-refractivity contribution in [2.45, 2.75) is 6.92 Å². The minimum absolute atomic E-state index is 0.714. The van der Waals surface area contributed by atoms with Gasteiger partial charge in [-0.2, -0.15) is 5.10 Å². The second-order valence-electron chi connectivity index (χ2n) is 5.76. The van der Waals surface area contributed by atoms with E-state index in [-0.39, 0.29) is 0 Å². The Kier molecular flexibility index (Phi) is 5.29. The van der Waals surface area contributed by atoms with Crippen LogP contribution in [-0.2, 0) is 0 Å². The lowest BCUT2D eigenvalue weighted by molar-refractivity contribution is 1.25. The van der Waals surface area contributed by atoms with E-state index in [0.29, 0.717) is 5.02 Å². The molecule has 0 saturated carbocycles. The van der Waals surface area contributed by atoms with Crippen LogP contribution < -0.4 is 5.43 Å². The zero-order valence-corrected chi connectivity index (χ0v) is 16.8. The maximum absolute atomic E-state index is 5.93. The summed E-state index contributed by atoms with van der Waals surface area (Å²) in [5.41, 5.74) is 7.74. The predicted octanol–water partition coefficient (Wildman–Crippen LogP) is 6.42. The third-order valence-corrected chi connectivity index (χ3v) is 5.75. The molecular formula is C20H15ClN4S2. The highest BCUT2D eigenvalue weighted by atomic mass is 35.5. The Hall–Kier alpha value is -2.54. The molecule has 2 aromatic heterocycles. The van der Waals surface area contributed by atoms with Gasteiger partial charge in [-0.25, -0.2) is 9.97 Å². The number of hydrogen-bond donors (Lipinski definition) is 1. The smallest absolute Gasteiger partial charge is 0.203 e. The molecule has 0 bridgehead atoms. The van der Waals surface area contributed by atoms with Crippen molar-refractivity contribution in [3.63, 3.8) is 0 Å². The molecule has 134 valence electrons. The first kappa shape index (κ1) is 17.9. The summed E-state index contributed by atoms with van der Waals surface area (Å²) in [4.78, 5) is 9.24. The van der Waals surface area contributed by atoms with Crippen LogP contribution in [0.5, 0.6) is 0 Å². The van der Waals surface area contributed by atoms with Crippen LogP contribution in [-0.4, -0.2) is 15.7 Å². The Morgan fingerprint density at radius 1 is 0.926 bits per heavy atom. The molecule has 4 rings (SSSR count). The Bertz CT molecular complexity index is 1070. The maximum Gasteiger partial charge on any atom is 0.203 e. The number of thiazole rings is 2. The fourth-order valence-electron chi connectivity index (χ4n) is 2.42. The number of nitrogens with one attached hydrogen (secondary N) is 1. The molecule has 1 N–H and O–H groups in total. The first-order chi connectivity index (χ1) is 13.2. The summed E-state index contributed by atoms with van der Waals surface area (Å²) >= 11 is 9.05. The number of rotatable bonds is 5. The van der Waals surface area contributed by atoms with Crippen LogP contribution in [0.4, 0.5) is 5.13 Å². The van der Waals surface area contributed by atoms with E-state index in [4.69, 9.17) is 11.6 Å². The largest absolute Gasteiger partial charge is 0.252 e. The second-order valence-corrected chi connectivity index (χ2v) is 7.91. The SMILES string of the molecule is C/C(=N/Nc1nc(-c2ccc(Cl)cc2)cs1)c1csc(-c2ccccc2)n1. The lowest BCUT2D eigenvalue weighted by atomic mass is 10.2. The molecule has 27 heavy (non-hydrogen) atoms. The van der Waals surface area contributed by atoms with Gasteiger partial charge in [0.25, 0.3) is 0 Å². The Labute approximate surface area is 170 Å². The molecule has 7 heteroatoms. The Morgan fingerprint density at radius 3 is 2.48 bits per heavy atom. The van der Waals surface area contributed by atoms with Gasteiger partial charge in [0, 0.05) is 26.9 Å². The molecule has 0 fully saturated rings.